The van der Waals surface area contributed by atoms with E-state index in [0.29, 0.717) is 12.1 Å². The highest BCUT2D eigenvalue weighted by molar-refractivity contribution is 6.06. The number of hydrogen-bond donors (Lipinski definition) is 3. The Morgan fingerprint density at radius 2 is 1.96 bits per heavy atom. The van der Waals surface area contributed by atoms with Gasteiger partial charge in [-0.25, -0.2) is 4.98 Å². The lowest BCUT2D eigenvalue weighted by atomic mass is 10.1. The Morgan fingerprint density at radius 3 is 2.74 bits per heavy atom. The lowest BCUT2D eigenvalue weighted by Gasteiger charge is -2.11. The predicted octanol–water partition coefficient (Wildman–Crippen LogP) is 3.14. The van der Waals surface area contributed by atoms with Crippen LogP contribution in [-0.4, -0.2) is 17.9 Å². The maximum Gasteiger partial charge on any atom is 0.126 e. The zero-order valence-corrected chi connectivity index (χ0v) is 12.8. The minimum Gasteiger partial charge on any atom is -0.496 e. The minimum atomic E-state index is 0.0483. The molecule has 0 atom stereocenters. The Morgan fingerprint density at radius 1 is 1.13 bits per heavy atom. The van der Waals surface area contributed by atoms with Crippen molar-refractivity contribution in [3.63, 3.8) is 0 Å². The molecule has 0 aliphatic carbocycles. The molecule has 4 N–H and O–H groups in total. The summed E-state index contributed by atoms with van der Waals surface area (Å²) >= 11 is 0. The quantitative estimate of drug-likeness (QED) is 0.499. The van der Waals surface area contributed by atoms with Crippen molar-refractivity contribution in [3.8, 4) is 5.75 Å². The van der Waals surface area contributed by atoms with E-state index in [2.05, 4.69) is 10.3 Å². The normalized spacial score (nSPS) is 10.5. The molecule has 0 radical (unpaired) electrons. The molecule has 5 nitrogen and oxygen atoms in total. The number of hydrogen-bond acceptors (Lipinski definition) is 4. The maximum atomic E-state index is 7.63. The van der Waals surface area contributed by atoms with Gasteiger partial charge in [-0.1, -0.05) is 30.3 Å². The summed E-state index contributed by atoms with van der Waals surface area (Å²) in [5.74, 6) is 1.66. The molecule has 0 aliphatic heterocycles. The number of nitrogens with one attached hydrogen (secondary N) is 2. The first kappa shape index (κ1) is 14.8. The van der Waals surface area contributed by atoms with E-state index in [0.717, 1.165) is 28.0 Å². The Kier molecular flexibility index (Phi) is 4.10. The first-order chi connectivity index (χ1) is 11.2. The number of aromatic nitrogens is 1. The van der Waals surface area contributed by atoms with Gasteiger partial charge in [0, 0.05) is 23.1 Å². The highest BCUT2D eigenvalue weighted by atomic mass is 16.5. The van der Waals surface area contributed by atoms with Crippen molar-refractivity contribution >= 4 is 22.6 Å². The number of benzene rings is 2. The van der Waals surface area contributed by atoms with Crippen LogP contribution in [0.5, 0.6) is 5.75 Å². The van der Waals surface area contributed by atoms with Crippen LogP contribution in [-0.2, 0) is 6.54 Å². The third-order valence-corrected chi connectivity index (χ3v) is 3.67. The third kappa shape index (κ3) is 3.08. The summed E-state index contributed by atoms with van der Waals surface area (Å²) < 4.78 is 5.35. The van der Waals surface area contributed by atoms with Gasteiger partial charge in [0.2, 0.25) is 0 Å². The van der Waals surface area contributed by atoms with Crippen LogP contribution in [0.15, 0.2) is 54.6 Å². The van der Waals surface area contributed by atoms with Crippen LogP contribution in [0.3, 0.4) is 0 Å². The number of fused-ring (bicyclic) bond motifs is 1. The lowest BCUT2D eigenvalue weighted by molar-refractivity contribution is 0.410. The van der Waals surface area contributed by atoms with Crippen LogP contribution >= 0.6 is 0 Å². The molecule has 1 heterocycles. The highest BCUT2D eigenvalue weighted by Gasteiger charge is 2.06. The molecular weight excluding hydrogens is 288 g/mol. The molecule has 5 heteroatoms. The van der Waals surface area contributed by atoms with E-state index in [1.54, 1.807) is 7.11 Å². The largest absolute Gasteiger partial charge is 0.496 e. The molecule has 1 aromatic heterocycles. The SMILES string of the molecule is COc1ccccc1CNc1ccc2c(C(=N)N)cccc2n1. The van der Waals surface area contributed by atoms with Gasteiger partial charge >= 0.3 is 0 Å². The van der Waals surface area contributed by atoms with Crippen molar-refractivity contribution in [3.05, 3.63) is 65.7 Å². The van der Waals surface area contributed by atoms with Gasteiger partial charge in [-0.15, -0.1) is 0 Å². The molecule has 0 spiro atoms. The number of para-hydroxylation sites is 1. The second-order valence-corrected chi connectivity index (χ2v) is 5.15. The van der Waals surface area contributed by atoms with Crippen LogP contribution in [0.25, 0.3) is 10.9 Å². The first-order valence-electron chi connectivity index (χ1n) is 7.29. The van der Waals surface area contributed by atoms with Crippen molar-refractivity contribution < 1.29 is 4.74 Å². The van der Waals surface area contributed by atoms with Gasteiger partial charge < -0.3 is 15.8 Å². The number of rotatable bonds is 5. The standard InChI is InChI=1S/C18H18N4O/c1-23-16-8-3-2-5-12(16)11-21-17-10-9-13-14(18(19)20)6-4-7-15(13)22-17/h2-10H,11H2,1H3,(H3,19,20)(H,21,22). The molecule has 2 aromatic carbocycles. The summed E-state index contributed by atoms with van der Waals surface area (Å²) in [6.45, 7) is 0.620. The molecule has 0 bridgehead atoms. The van der Waals surface area contributed by atoms with Gasteiger partial charge in [-0.2, -0.15) is 0 Å². The average molecular weight is 306 g/mol. The van der Waals surface area contributed by atoms with Crippen molar-refractivity contribution in [2.75, 3.05) is 12.4 Å². The minimum absolute atomic E-state index is 0.0483. The Bertz CT molecular complexity index is 861. The fraction of sp³-hybridized carbons (Fsp3) is 0.111. The lowest BCUT2D eigenvalue weighted by Crippen LogP contribution is -2.11. The Hall–Kier alpha value is -3.08. The van der Waals surface area contributed by atoms with Crippen LogP contribution in [0.4, 0.5) is 5.82 Å². The number of methoxy groups -OCH3 is 1. The summed E-state index contributed by atoms with van der Waals surface area (Å²) in [4.78, 5) is 4.58. The topological polar surface area (TPSA) is 84.0 Å². The van der Waals surface area contributed by atoms with Crippen molar-refractivity contribution in [2.24, 2.45) is 5.73 Å². The van der Waals surface area contributed by atoms with E-state index >= 15 is 0 Å². The predicted molar refractivity (Wildman–Crippen MR) is 93.1 cm³/mol. The van der Waals surface area contributed by atoms with E-state index in [1.165, 1.54) is 0 Å². The fourth-order valence-electron chi connectivity index (χ4n) is 2.52. The summed E-state index contributed by atoms with van der Waals surface area (Å²) in [6, 6.07) is 17.3. The summed E-state index contributed by atoms with van der Waals surface area (Å²) in [6.07, 6.45) is 0. The molecule has 116 valence electrons. The average Bonchev–Trinajstić information content (AvgIpc) is 2.59. The fourth-order valence-corrected chi connectivity index (χ4v) is 2.52. The van der Waals surface area contributed by atoms with Gasteiger partial charge in [-0.05, 0) is 24.3 Å². The van der Waals surface area contributed by atoms with Crippen LogP contribution in [0.2, 0.25) is 0 Å². The molecule has 3 aromatic rings. The molecule has 0 fully saturated rings. The van der Waals surface area contributed by atoms with Crippen molar-refractivity contribution in [1.82, 2.24) is 4.98 Å². The number of nitrogens with zero attached hydrogens (tertiary/aromatic N) is 1. The number of nitrogen functional groups attached to an aromatic ring is 1. The highest BCUT2D eigenvalue weighted by Crippen LogP contribution is 2.21. The van der Waals surface area contributed by atoms with Gasteiger partial charge in [0.25, 0.3) is 0 Å². The van der Waals surface area contributed by atoms with E-state index < -0.39 is 0 Å². The van der Waals surface area contributed by atoms with Gasteiger partial charge in [-0.3, -0.25) is 5.41 Å². The zero-order valence-electron chi connectivity index (χ0n) is 12.8. The molecule has 0 saturated carbocycles. The number of nitrogens with two attached hydrogens (primary N) is 1. The van der Waals surface area contributed by atoms with Crippen LogP contribution < -0.4 is 15.8 Å². The molecule has 0 aliphatic rings. The van der Waals surface area contributed by atoms with E-state index in [1.807, 2.05) is 54.6 Å². The van der Waals surface area contributed by atoms with E-state index in [9.17, 15) is 0 Å². The van der Waals surface area contributed by atoms with E-state index in [4.69, 9.17) is 15.9 Å². The monoisotopic (exact) mass is 306 g/mol. The Balaban J connectivity index is 1.85. The summed E-state index contributed by atoms with van der Waals surface area (Å²) in [5.41, 5.74) is 8.18. The smallest absolute Gasteiger partial charge is 0.126 e. The molecule has 0 saturated heterocycles. The first-order valence-corrected chi connectivity index (χ1v) is 7.29. The second kappa shape index (κ2) is 6.36. The van der Waals surface area contributed by atoms with Crippen LogP contribution in [0, 0.1) is 5.41 Å². The summed E-state index contributed by atoms with van der Waals surface area (Å²) in [5, 5.41) is 11.8. The number of pyridine rings is 1. The molecule has 3 rings (SSSR count). The van der Waals surface area contributed by atoms with Crippen LogP contribution in [0.1, 0.15) is 11.1 Å². The number of ether oxygens (including phenoxy) is 1. The van der Waals surface area contributed by atoms with Gasteiger partial charge in [0.15, 0.2) is 0 Å². The molecule has 0 unspecified atom stereocenters. The maximum absolute atomic E-state index is 7.63. The van der Waals surface area contributed by atoms with Gasteiger partial charge in [0.05, 0.1) is 12.6 Å². The number of anilines is 1. The Labute approximate surface area is 134 Å². The molecule has 23 heavy (non-hydrogen) atoms. The van der Waals surface area contributed by atoms with Gasteiger partial charge in [0.1, 0.15) is 17.4 Å². The van der Waals surface area contributed by atoms with Crippen molar-refractivity contribution in [2.45, 2.75) is 6.54 Å². The molecular formula is C18H18N4O. The third-order valence-electron chi connectivity index (χ3n) is 3.67. The van der Waals surface area contributed by atoms with Crippen molar-refractivity contribution in [1.29, 1.82) is 5.41 Å². The summed E-state index contributed by atoms with van der Waals surface area (Å²) in [7, 11) is 1.66. The second-order valence-electron chi connectivity index (χ2n) is 5.15. The molecule has 0 amide bonds. The van der Waals surface area contributed by atoms with E-state index in [-0.39, 0.29) is 5.84 Å². The number of amidine groups is 1. The zero-order chi connectivity index (χ0) is 16.2.